The molecule has 0 radical (unpaired) electrons. The Bertz CT molecular complexity index is 145. The lowest BCUT2D eigenvalue weighted by Gasteiger charge is -2.37. The molecule has 0 heterocycles. The minimum Gasteiger partial charge on any atom is -0.480 e. The summed E-state index contributed by atoms with van der Waals surface area (Å²) in [6, 6.07) is 0. The van der Waals surface area contributed by atoms with Crippen molar-refractivity contribution in [2.24, 2.45) is 0 Å². The number of carbonyl (C=O) groups is 1. The van der Waals surface area contributed by atoms with Crippen LogP contribution in [0, 0.1) is 0 Å². The summed E-state index contributed by atoms with van der Waals surface area (Å²) in [5, 5.41) is 10.9. The minimum atomic E-state index is -0.936. The maximum atomic E-state index is 11.7. The highest BCUT2D eigenvalue weighted by Gasteiger charge is 2.43. The van der Waals surface area contributed by atoms with Gasteiger partial charge < -0.3 is 5.11 Å². The molecule has 0 aliphatic heterocycles. The van der Waals surface area contributed by atoms with Crippen molar-refractivity contribution in [1.29, 1.82) is 0 Å². The van der Waals surface area contributed by atoms with E-state index in [1.54, 1.807) is 0 Å². The summed E-state index contributed by atoms with van der Waals surface area (Å²) in [4.78, 5) is 10.5. The summed E-state index contributed by atoms with van der Waals surface area (Å²) in [6.07, 6.45) is 1.97. The van der Waals surface area contributed by atoms with Crippen molar-refractivity contribution in [3.8, 4) is 0 Å². The van der Waals surface area contributed by atoms with Crippen molar-refractivity contribution >= 4 is 5.97 Å². The Kier molecular flexibility index (Phi) is 1.89. The van der Waals surface area contributed by atoms with E-state index in [-0.39, 0.29) is 0 Å². The second-order valence-corrected chi connectivity index (χ2v) is 2.55. The molecule has 1 fully saturated rings. The molecule has 0 atom stereocenters. The fraction of sp³-hybridized carbons (Fsp3) is 0.833. The van der Waals surface area contributed by atoms with Gasteiger partial charge in [-0.25, -0.2) is 4.39 Å². The van der Waals surface area contributed by atoms with Crippen LogP contribution in [0.5, 0.6) is 0 Å². The van der Waals surface area contributed by atoms with Gasteiger partial charge in [0.25, 0.3) is 0 Å². The second kappa shape index (κ2) is 2.54. The Morgan fingerprint density at radius 1 is 1.70 bits per heavy atom. The van der Waals surface area contributed by atoms with Gasteiger partial charge in [0, 0.05) is 0 Å². The Morgan fingerprint density at radius 3 is 2.40 bits per heavy atom. The fourth-order valence-electron chi connectivity index (χ4n) is 1.12. The van der Waals surface area contributed by atoms with Crippen LogP contribution in [-0.4, -0.2) is 23.4 Å². The average molecular weight is 147 g/mol. The summed E-state index contributed by atoms with van der Waals surface area (Å²) < 4.78 is 11.7. The van der Waals surface area contributed by atoms with Gasteiger partial charge in [0.05, 0.1) is 0 Å². The number of hydrogen-bond acceptors (Lipinski definition) is 2. The third kappa shape index (κ3) is 0.988. The molecule has 58 valence electrons. The SMILES string of the molecule is O=C(O)C1(NCF)CCC1. The lowest BCUT2D eigenvalue weighted by molar-refractivity contribution is -0.149. The van der Waals surface area contributed by atoms with Gasteiger partial charge in [0.15, 0.2) is 0 Å². The largest absolute Gasteiger partial charge is 0.480 e. The lowest BCUT2D eigenvalue weighted by Crippen LogP contribution is -2.56. The van der Waals surface area contributed by atoms with E-state index in [1.165, 1.54) is 0 Å². The fourth-order valence-corrected chi connectivity index (χ4v) is 1.12. The summed E-state index contributed by atoms with van der Waals surface area (Å²) in [6.45, 7) is -0.758. The molecule has 1 aliphatic rings. The van der Waals surface area contributed by atoms with E-state index in [1.807, 2.05) is 0 Å². The van der Waals surface area contributed by atoms with Crippen molar-refractivity contribution < 1.29 is 14.3 Å². The number of hydrogen-bond donors (Lipinski definition) is 2. The number of carboxylic acids is 1. The van der Waals surface area contributed by atoms with E-state index in [0.717, 1.165) is 6.42 Å². The van der Waals surface area contributed by atoms with Crippen LogP contribution in [0.1, 0.15) is 19.3 Å². The van der Waals surface area contributed by atoms with E-state index < -0.39 is 18.3 Å². The molecule has 4 heteroatoms. The molecule has 1 aliphatic carbocycles. The molecular formula is C6H10FNO2. The Hall–Kier alpha value is -0.640. The maximum Gasteiger partial charge on any atom is 0.323 e. The van der Waals surface area contributed by atoms with Crippen LogP contribution in [0.4, 0.5) is 4.39 Å². The first-order chi connectivity index (χ1) is 4.71. The van der Waals surface area contributed by atoms with E-state index in [4.69, 9.17) is 5.11 Å². The van der Waals surface area contributed by atoms with Crippen LogP contribution < -0.4 is 5.32 Å². The molecule has 0 saturated heterocycles. The van der Waals surface area contributed by atoms with Crippen LogP contribution in [-0.2, 0) is 4.79 Å². The quantitative estimate of drug-likeness (QED) is 0.572. The minimum absolute atomic E-state index is 0.548. The average Bonchev–Trinajstić information content (AvgIpc) is 1.77. The molecule has 0 spiro atoms. The maximum absolute atomic E-state index is 11.7. The van der Waals surface area contributed by atoms with E-state index in [9.17, 15) is 9.18 Å². The Morgan fingerprint density at radius 2 is 2.30 bits per heavy atom. The number of rotatable bonds is 3. The highest BCUT2D eigenvalue weighted by Crippen LogP contribution is 2.31. The summed E-state index contributed by atoms with van der Waals surface area (Å²) >= 11 is 0. The third-order valence-electron chi connectivity index (χ3n) is 2.02. The van der Waals surface area contributed by atoms with Gasteiger partial charge >= 0.3 is 5.97 Å². The molecule has 0 unspecified atom stereocenters. The van der Waals surface area contributed by atoms with Gasteiger partial charge in [-0.3, -0.25) is 10.1 Å². The molecule has 10 heavy (non-hydrogen) atoms. The summed E-state index contributed by atoms with van der Waals surface area (Å²) in [7, 11) is 0. The molecule has 0 bridgehead atoms. The van der Waals surface area contributed by atoms with E-state index in [0.29, 0.717) is 12.8 Å². The first-order valence-electron chi connectivity index (χ1n) is 3.26. The highest BCUT2D eigenvalue weighted by molar-refractivity contribution is 5.79. The van der Waals surface area contributed by atoms with Gasteiger partial charge in [-0.1, -0.05) is 0 Å². The first-order valence-corrected chi connectivity index (χ1v) is 3.26. The van der Waals surface area contributed by atoms with Gasteiger partial charge in [-0.05, 0) is 19.3 Å². The Balaban J connectivity index is 2.50. The molecule has 0 amide bonds. The molecule has 1 saturated carbocycles. The molecule has 1 rings (SSSR count). The van der Waals surface area contributed by atoms with Gasteiger partial charge in [0.2, 0.25) is 0 Å². The summed E-state index contributed by atoms with van der Waals surface area (Å²) in [5.41, 5.74) is -0.936. The van der Waals surface area contributed by atoms with Crippen LogP contribution in [0.3, 0.4) is 0 Å². The smallest absolute Gasteiger partial charge is 0.323 e. The molecule has 3 nitrogen and oxygen atoms in total. The lowest BCUT2D eigenvalue weighted by atomic mass is 9.77. The number of carboxylic acid groups (broad SMARTS) is 1. The number of nitrogens with one attached hydrogen (secondary N) is 1. The predicted molar refractivity (Wildman–Crippen MR) is 33.3 cm³/mol. The normalized spacial score (nSPS) is 21.7. The van der Waals surface area contributed by atoms with Crippen LogP contribution in [0.2, 0.25) is 0 Å². The molecule has 0 aromatic rings. The predicted octanol–water partition coefficient (Wildman–Crippen LogP) is 0.510. The third-order valence-corrected chi connectivity index (χ3v) is 2.02. The Labute approximate surface area is 58.2 Å². The van der Waals surface area contributed by atoms with Crippen LogP contribution >= 0.6 is 0 Å². The molecule has 0 aromatic carbocycles. The van der Waals surface area contributed by atoms with Crippen LogP contribution in [0.15, 0.2) is 0 Å². The van der Waals surface area contributed by atoms with Gasteiger partial charge in [-0.15, -0.1) is 0 Å². The van der Waals surface area contributed by atoms with Crippen molar-refractivity contribution in [3.63, 3.8) is 0 Å². The number of alkyl halides is 1. The molecular weight excluding hydrogens is 137 g/mol. The zero-order valence-corrected chi connectivity index (χ0v) is 5.56. The highest BCUT2D eigenvalue weighted by atomic mass is 19.1. The molecule has 0 aromatic heterocycles. The van der Waals surface area contributed by atoms with Crippen molar-refractivity contribution in [1.82, 2.24) is 5.32 Å². The van der Waals surface area contributed by atoms with Gasteiger partial charge in [-0.2, -0.15) is 0 Å². The number of aliphatic carboxylic acids is 1. The number of halogens is 1. The zero-order valence-electron chi connectivity index (χ0n) is 5.56. The van der Waals surface area contributed by atoms with Crippen molar-refractivity contribution in [2.75, 3.05) is 6.80 Å². The monoisotopic (exact) mass is 147 g/mol. The van der Waals surface area contributed by atoms with Crippen molar-refractivity contribution in [2.45, 2.75) is 24.8 Å². The van der Waals surface area contributed by atoms with Crippen LogP contribution in [0.25, 0.3) is 0 Å². The topological polar surface area (TPSA) is 49.3 Å². The first kappa shape index (κ1) is 7.47. The molecule has 2 N–H and O–H groups in total. The summed E-state index contributed by atoms with van der Waals surface area (Å²) in [5.74, 6) is -0.934. The second-order valence-electron chi connectivity index (χ2n) is 2.55. The van der Waals surface area contributed by atoms with E-state index in [2.05, 4.69) is 5.32 Å². The van der Waals surface area contributed by atoms with Crippen molar-refractivity contribution in [3.05, 3.63) is 0 Å². The van der Waals surface area contributed by atoms with Gasteiger partial charge in [0.1, 0.15) is 12.3 Å². The standard InChI is InChI=1S/C6H10FNO2/c7-4-8-6(5(9)10)2-1-3-6/h8H,1-4H2,(H,9,10). The van der Waals surface area contributed by atoms with E-state index >= 15 is 0 Å². The zero-order chi connectivity index (χ0) is 7.61.